The lowest BCUT2D eigenvalue weighted by Crippen LogP contribution is -1.98. The van der Waals surface area contributed by atoms with Crippen LogP contribution in [0.4, 0.5) is 0 Å². The molecule has 392 valence electrons. The molecule has 4 heterocycles. The van der Waals surface area contributed by atoms with E-state index in [4.69, 9.17) is 9.47 Å². The van der Waals surface area contributed by atoms with Gasteiger partial charge in [0.1, 0.15) is 11.5 Å². The van der Waals surface area contributed by atoms with Gasteiger partial charge in [-0.2, -0.15) is 0 Å². The van der Waals surface area contributed by atoms with Gasteiger partial charge in [-0.15, -0.1) is 22.7 Å². The molecule has 1 atom stereocenters. The molecule has 1 aliphatic carbocycles. The zero-order valence-corrected chi connectivity index (χ0v) is 46.9. The number of benzene rings is 10. The zero-order valence-electron chi connectivity index (χ0n) is 45.3. The van der Waals surface area contributed by atoms with Gasteiger partial charge in [-0.05, 0) is 81.8 Å². The van der Waals surface area contributed by atoms with E-state index in [2.05, 4.69) is 276 Å². The monoisotopic (exact) mass is 1090 g/mol. The van der Waals surface area contributed by atoms with Crippen LogP contribution in [0.3, 0.4) is 0 Å². The van der Waals surface area contributed by atoms with Gasteiger partial charge < -0.3 is 18.6 Å². The van der Waals surface area contributed by atoms with Crippen molar-refractivity contribution >= 4 is 66.3 Å². The molecule has 0 saturated heterocycles. The second-order valence-corrected chi connectivity index (χ2v) is 23.0. The summed E-state index contributed by atoms with van der Waals surface area (Å²) >= 11 is 3.84. The molecule has 0 spiro atoms. The summed E-state index contributed by atoms with van der Waals surface area (Å²) in [5, 5.41) is 4.69. The molecule has 0 fully saturated rings. The van der Waals surface area contributed by atoms with Crippen molar-refractivity contribution in [1.29, 1.82) is 0 Å². The SMILES string of the molecule is COc1cc(OC)cc(-n2c3ccccc3c3ccc4c(c5ccccc5n4-c4cc(-c5sc(-c6ccccc6)c(-c6ccccc6)c5-c5ccccc5)cc(-c5sc(C6C=CC=CC6)c(-c6ccccc6)c5-c5ccccc5)c4)c32)c1. The summed E-state index contributed by atoms with van der Waals surface area (Å²) in [6, 6.07) is 91.2. The van der Waals surface area contributed by atoms with Gasteiger partial charge in [0.05, 0.1) is 42.0 Å². The number of thiophene rings is 2. The van der Waals surface area contributed by atoms with Crippen molar-refractivity contribution in [1.82, 2.24) is 9.13 Å². The van der Waals surface area contributed by atoms with Gasteiger partial charge in [0.2, 0.25) is 0 Å². The van der Waals surface area contributed by atoms with Crippen molar-refractivity contribution in [3.8, 4) is 98.7 Å². The van der Waals surface area contributed by atoms with Crippen molar-refractivity contribution < 1.29 is 9.47 Å². The normalized spacial score (nSPS) is 13.2. The molecule has 14 aromatic rings. The van der Waals surface area contributed by atoms with Crippen LogP contribution in [0.2, 0.25) is 0 Å². The van der Waals surface area contributed by atoms with E-state index in [1.807, 2.05) is 28.7 Å². The minimum Gasteiger partial charge on any atom is -0.497 e. The molecule has 4 aromatic heterocycles. The Morgan fingerprint density at radius 2 is 0.829 bits per heavy atom. The lowest BCUT2D eigenvalue weighted by Gasteiger charge is -2.16. The van der Waals surface area contributed by atoms with Crippen LogP contribution in [0.25, 0.3) is 131 Å². The number of methoxy groups -OCH3 is 2. The maximum absolute atomic E-state index is 5.93. The van der Waals surface area contributed by atoms with Gasteiger partial charge in [0, 0.05) is 93.1 Å². The maximum atomic E-state index is 5.93. The summed E-state index contributed by atoms with van der Waals surface area (Å²) in [4.78, 5) is 5.06. The minimum absolute atomic E-state index is 0.212. The van der Waals surface area contributed by atoms with Crippen molar-refractivity contribution in [2.75, 3.05) is 14.2 Å². The Morgan fingerprint density at radius 3 is 1.38 bits per heavy atom. The van der Waals surface area contributed by atoms with E-state index in [1.54, 1.807) is 14.2 Å². The lowest BCUT2D eigenvalue weighted by molar-refractivity contribution is 0.394. The number of hydrogen-bond donors (Lipinski definition) is 0. The summed E-state index contributed by atoms with van der Waals surface area (Å²) in [5.74, 6) is 1.67. The number of rotatable bonds is 12. The highest BCUT2D eigenvalue weighted by Gasteiger charge is 2.30. The number of aromatic nitrogens is 2. The lowest BCUT2D eigenvalue weighted by atomic mass is 9.87. The fraction of sp³-hybridized carbons (Fsp3) is 0.0526. The Kier molecular flexibility index (Phi) is 12.5. The highest BCUT2D eigenvalue weighted by Crippen LogP contribution is 2.56. The Labute approximate surface area is 485 Å². The third kappa shape index (κ3) is 8.33. The van der Waals surface area contributed by atoms with Gasteiger partial charge in [0.25, 0.3) is 0 Å². The molecular weight excluding hydrogens is 1040 g/mol. The molecule has 1 unspecified atom stereocenters. The number of allylic oxidation sites excluding steroid dienone is 4. The summed E-state index contributed by atoms with van der Waals surface area (Å²) < 4.78 is 16.8. The fourth-order valence-corrected chi connectivity index (χ4v) is 15.4. The second kappa shape index (κ2) is 20.7. The largest absolute Gasteiger partial charge is 0.497 e. The fourth-order valence-electron chi connectivity index (χ4n) is 12.6. The summed E-state index contributed by atoms with van der Waals surface area (Å²) in [5.41, 5.74) is 19.8. The smallest absolute Gasteiger partial charge is 0.124 e. The van der Waals surface area contributed by atoms with Crippen molar-refractivity contribution in [2.45, 2.75) is 12.3 Å². The summed E-state index contributed by atoms with van der Waals surface area (Å²) in [7, 11) is 3.43. The molecule has 0 saturated carbocycles. The highest BCUT2D eigenvalue weighted by molar-refractivity contribution is 7.20. The third-order valence-electron chi connectivity index (χ3n) is 16.2. The maximum Gasteiger partial charge on any atom is 0.124 e. The van der Waals surface area contributed by atoms with E-state index in [0.717, 1.165) is 62.5 Å². The molecule has 0 N–H and O–H groups in total. The number of nitrogens with zero attached hydrogens (tertiary/aromatic N) is 2. The summed E-state index contributed by atoms with van der Waals surface area (Å²) in [6.07, 6.45) is 10.1. The predicted molar refractivity (Wildman–Crippen MR) is 348 cm³/mol. The van der Waals surface area contributed by atoms with E-state index in [9.17, 15) is 0 Å². The Hall–Kier alpha value is -9.72. The van der Waals surface area contributed by atoms with Gasteiger partial charge in [-0.1, -0.05) is 218 Å². The number of fused-ring (bicyclic) bond motifs is 7. The van der Waals surface area contributed by atoms with Gasteiger partial charge in [-0.3, -0.25) is 0 Å². The average molecular weight is 1090 g/mol. The van der Waals surface area contributed by atoms with Crippen LogP contribution >= 0.6 is 22.7 Å². The van der Waals surface area contributed by atoms with Crippen LogP contribution in [0.5, 0.6) is 11.5 Å². The first-order valence-corrected chi connectivity index (χ1v) is 29.5. The molecule has 0 aliphatic heterocycles. The van der Waals surface area contributed by atoms with Crippen molar-refractivity contribution in [3.63, 3.8) is 0 Å². The first-order chi connectivity index (χ1) is 40.6. The molecule has 6 heteroatoms. The Bertz CT molecular complexity index is 4750. The molecule has 10 aromatic carbocycles. The number of ether oxygens (including phenoxy) is 2. The minimum atomic E-state index is 0.212. The third-order valence-corrected chi connectivity index (χ3v) is 18.9. The van der Waals surface area contributed by atoms with E-state index in [-0.39, 0.29) is 5.92 Å². The van der Waals surface area contributed by atoms with Gasteiger partial charge >= 0.3 is 0 Å². The van der Waals surface area contributed by atoms with Crippen LogP contribution in [0.15, 0.2) is 273 Å². The zero-order chi connectivity index (χ0) is 54.7. The molecule has 0 bridgehead atoms. The molecule has 1 aliphatic rings. The van der Waals surface area contributed by atoms with Crippen molar-refractivity contribution in [3.05, 3.63) is 278 Å². The number of hydrogen-bond acceptors (Lipinski definition) is 4. The number of para-hydroxylation sites is 2. The standard InChI is InChI=1S/C76H54N2O2S2/c1-79-59-46-58(47-60(48-59)80-2)78-64-39-23-21-37-61(64)62-41-42-66-71(72(62)78)63-38-22-24-40-65(63)77(66)57-44-55(75-69(51-29-13-5-14-30-51)67(49-25-9-3-10-26-49)73(81-75)53-33-17-7-18-34-53)43-56(45-57)76-70(52-31-15-6-16-32-52)68(50-27-11-4-12-28-50)74(82-76)54-35-19-8-20-36-54/h3-35,37-48,54H,36H2,1-2H3. The molecule has 0 amide bonds. The van der Waals surface area contributed by atoms with Crippen LogP contribution < -0.4 is 9.47 Å². The predicted octanol–water partition coefficient (Wildman–Crippen LogP) is 21.3. The van der Waals surface area contributed by atoms with Gasteiger partial charge in [0.15, 0.2) is 0 Å². The molecular formula is C76H54N2O2S2. The molecule has 0 radical (unpaired) electrons. The van der Waals surface area contributed by atoms with Gasteiger partial charge in [-0.25, -0.2) is 0 Å². The molecule has 82 heavy (non-hydrogen) atoms. The van der Waals surface area contributed by atoms with E-state index >= 15 is 0 Å². The first kappa shape index (κ1) is 49.3. The average Bonchev–Trinajstić information content (AvgIpc) is 4.34. The van der Waals surface area contributed by atoms with E-state index in [0.29, 0.717) is 0 Å². The van der Waals surface area contributed by atoms with Crippen molar-refractivity contribution in [2.24, 2.45) is 0 Å². The summed E-state index contributed by atoms with van der Waals surface area (Å²) in [6.45, 7) is 0. The molecule has 4 nitrogen and oxygen atoms in total. The Balaban J connectivity index is 1.09. The van der Waals surface area contributed by atoms with Crippen LogP contribution in [-0.4, -0.2) is 23.4 Å². The topological polar surface area (TPSA) is 28.3 Å². The first-order valence-electron chi connectivity index (χ1n) is 27.9. The Morgan fingerprint density at radius 1 is 0.366 bits per heavy atom. The van der Waals surface area contributed by atoms with E-state index in [1.165, 1.54) is 91.1 Å². The van der Waals surface area contributed by atoms with E-state index < -0.39 is 0 Å². The van der Waals surface area contributed by atoms with Crippen LogP contribution in [0, 0.1) is 0 Å². The highest BCUT2D eigenvalue weighted by atomic mass is 32.1. The van der Waals surface area contributed by atoms with Crippen LogP contribution in [-0.2, 0) is 0 Å². The van der Waals surface area contributed by atoms with Crippen LogP contribution in [0.1, 0.15) is 17.2 Å². The molecule has 15 rings (SSSR count). The second-order valence-electron chi connectivity index (χ2n) is 20.9. The quantitative estimate of drug-likeness (QED) is 0.122.